The van der Waals surface area contributed by atoms with Crippen molar-refractivity contribution in [3.63, 3.8) is 0 Å². The fraction of sp³-hybridized carbons (Fsp3) is 0.542. The Bertz CT molecular complexity index is 851. The zero-order valence-corrected chi connectivity index (χ0v) is 18.7. The summed E-state index contributed by atoms with van der Waals surface area (Å²) in [4.78, 5) is 25.7. The summed E-state index contributed by atoms with van der Waals surface area (Å²) >= 11 is 1.65. The molecule has 2 aromatic rings. The summed E-state index contributed by atoms with van der Waals surface area (Å²) in [5.41, 5.74) is 1.23. The number of carbonyl (C=O) groups excluding carboxylic acids is 1. The molecule has 1 aliphatic heterocycles. The molecule has 2 aliphatic rings. The molecule has 0 unspecified atom stereocenters. The maximum Gasteiger partial charge on any atom is 0.225 e. The fourth-order valence-electron chi connectivity index (χ4n) is 4.52. The Kier molecular flexibility index (Phi) is 7.26. The van der Waals surface area contributed by atoms with Gasteiger partial charge in [0, 0.05) is 36.4 Å². The highest BCUT2D eigenvalue weighted by Gasteiger charge is 2.29. The van der Waals surface area contributed by atoms with Crippen LogP contribution in [0.2, 0.25) is 0 Å². The SMILES string of the molecule is Cc1cccc(Sc2nccnc2N2CCC[C@@H](C(=O)NC3CCCCCC3)C2)c1. The Morgan fingerprint density at radius 1 is 1.07 bits per heavy atom. The van der Waals surface area contributed by atoms with Crippen molar-refractivity contribution >= 4 is 23.5 Å². The second-order valence-electron chi connectivity index (χ2n) is 8.59. The monoisotopic (exact) mass is 424 g/mol. The van der Waals surface area contributed by atoms with E-state index in [4.69, 9.17) is 0 Å². The molecule has 5 nitrogen and oxygen atoms in total. The minimum atomic E-state index is 0.0285. The molecule has 6 heteroatoms. The maximum atomic E-state index is 13.0. The summed E-state index contributed by atoms with van der Waals surface area (Å²) in [6, 6.07) is 8.81. The molecule has 0 bridgehead atoms. The van der Waals surface area contributed by atoms with Gasteiger partial charge in [0.15, 0.2) is 5.82 Å². The number of benzene rings is 1. The van der Waals surface area contributed by atoms with Crippen LogP contribution in [0, 0.1) is 12.8 Å². The van der Waals surface area contributed by atoms with Crippen molar-refractivity contribution in [3.05, 3.63) is 42.2 Å². The molecule has 1 amide bonds. The van der Waals surface area contributed by atoms with Gasteiger partial charge in [0.25, 0.3) is 0 Å². The van der Waals surface area contributed by atoms with Gasteiger partial charge in [-0.25, -0.2) is 9.97 Å². The molecular weight excluding hydrogens is 392 g/mol. The third kappa shape index (κ3) is 5.54. The first-order valence-electron chi connectivity index (χ1n) is 11.3. The van der Waals surface area contributed by atoms with E-state index in [2.05, 4.69) is 51.4 Å². The van der Waals surface area contributed by atoms with Gasteiger partial charge in [-0.05, 0) is 44.7 Å². The second kappa shape index (κ2) is 10.3. The minimum Gasteiger partial charge on any atom is -0.354 e. The molecule has 0 radical (unpaired) electrons. The molecule has 1 saturated carbocycles. The van der Waals surface area contributed by atoms with Gasteiger partial charge in [-0.1, -0.05) is 55.1 Å². The minimum absolute atomic E-state index is 0.0285. The first-order chi connectivity index (χ1) is 14.7. The van der Waals surface area contributed by atoms with E-state index in [-0.39, 0.29) is 11.8 Å². The van der Waals surface area contributed by atoms with Crippen LogP contribution in [0.4, 0.5) is 5.82 Å². The van der Waals surface area contributed by atoms with E-state index in [9.17, 15) is 4.79 Å². The largest absolute Gasteiger partial charge is 0.354 e. The first-order valence-corrected chi connectivity index (χ1v) is 12.1. The highest BCUT2D eigenvalue weighted by Crippen LogP contribution is 2.34. The molecule has 1 atom stereocenters. The molecule has 30 heavy (non-hydrogen) atoms. The number of rotatable bonds is 5. The topological polar surface area (TPSA) is 58.1 Å². The molecule has 1 saturated heterocycles. The van der Waals surface area contributed by atoms with Crippen LogP contribution in [0.15, 0.2) is 46.6 Å². The van der Waals surface area contributed by atoms with Crippen molar-refractivity contribution in [2.75, 3.05) is 18.0 Å². The Hall–Kier alpha value is -2.08. The van der Waals surface area contributed by atoms with Crippen molar-refractivity contribution in [1.29, 1.82) is 0 Å². The Labute approximate surface area is 184 Å². The Morgan fingerprint density at radius 3 is 2.67 bits per heavy atom. The number of amides is 1. The van der Waals surface area contributed by atoms with Crippen LogP contribution in [-0.4, -0.2) is 35.0 Å². The summed E-state index contributed by atoms with van der Waals surface area (Å²) in [6.45, 7) is 3.75. The average molecular weight is 425 g/mol. The van der Waals surface area contributed by atoms with E-state index in [0.717, 1.165) is 54.5 Å². The van der Waals surface area contributed by atoms with Gasteiger partial charge in [0.05, 0.1) is 5.92 Å². The standard InChI is InChI=1S/C24H32N4OS/c1-18-8-6-12-21(16-18)30-24-22(25-13-14-26-24)28-15-7-9-19(17-28)23(29)27-20-10-4-2-3-5-11-20/h6,8,12-14,16,19-20H,2-5,7,9-11,15,17H2,1H3,(H,27,29)/t19-/m1/s1. The van der Waals surface area contributed by atoms with E-state index in [1.165, 1.54) is 31.2 Å². The lowest BCUT2D eigenvalue weighted by Gasteiger charge is -2.34. The molecule has 160 valence electrons. The van der Waals surface area contributed by atoms with E-state index >= 15 is 0 Å². The summed E-state index contributed by atoms with van der Waals surface area (Å²) in [5, 5.41) is 4.26. The third-order valence-corrected chi connectivity index (χ3v) is 7.11. The summed E-state index contributed by atoms with van der Waals surface area (Å²) in [5.74, 6) is 1.15. The highest BCUT2D eigenvalue weighted by molar-refractivity contribution is 7.99. The molecule has 0 spiro atoms. The zero-order valence-electron chi connectivity index (χ0n) is 17.8. The molecule has 1 aromatic carbocycles. The molecular formula is C24H32N4OS. The average Bonchev–Trinajstić information content (AvgIpc) is 3.03. The predicted molar refractivity (Wildman–Crippen MR) is 122 cm³/mol. The van der Waals surface area contributed by atoms with Gasteiger partial charge in [0.1, 0.15) is 5.03 Å². The number of hydrogen-bond donors (Lipinski definition) is 1. The number of aryl methyl sites for hydroxylation is 1. The number of carbonyl (C=O) groups is 1. The Balaban J connectivity index is 1.43. The number of anilines is 1. The van der Waals surface area contributed by atoms with Gasteiger partial charge in [-0.2, -0.15) is 0 Å². The quantitative estimate of drug-likeness (QED) is 0.685. The molecule has 2 fully saturated rings. The molecule has 1 aliphatic carbocycles. The van der Waals surface area contributed by atoms with Crippen molar-refractivity contribution in [2.45, 2.75) is 74.3 Å². The zero-order chi connectivity index (χ0) is 20.8. The van der Waals surface area contributed by atoms with Gasteiger partial charge in [-0.3, -0.25) is 4.79 Å². The van der Waals surface area contributed by atoms with Crippen LogP contribution in [0.5, 0.6) is 0 Å². The van der Waals surface area contributed by atoms with Crippen molar-refractivity contribution in [3.8, 4) is 0 Å². The number of hydrogen-bond acceptors (Lipinski definition) is 5. The lowest BCUT2D eigenvalue weighted by Crippen LogP contribution is -2.46. The molecule has 4 rings (SSSR count). The maximum absolute atomic E-state index is 13.0. The third-order valence-electron chi connectivity index (χ3n) is 6.14. The number of piperidine rings is 1. The smallest absolute Gasteiger partial charge is 0.225 e. The summed E-state index contributed by atoms with van der Waals surface area (Å²) in [6.07, 6.45) is 12.8. The van der Waals surface area contributed by atoms with Crippen molar-refractivity contribution < 1.29 is 4.79 Å². The van der Waals surface area contributed by atoms with Gasteiger partial charge >= 0.3 is 0 Å². The highest BCUT2D eigenvalue weighted by atomic mass is 32.2. The second-order valence-corrected chi connectivity index (χ2v) is 9.65. The van der Waals surface area contributed by atoms with Crippen LogP contribution < -0.4 is 10.2 Å². The van der Waals surface area contributed by atoms with E-state index < -0.39 is 0 Å². The number of aromatic nitrogens is 2. The van der Waals surface area contributed by atoms with Crippen LogP contribution in [0.3, 0.4) is 0 Å². The van der Waals surface area contributed by atoms with Gasteiger partial charge < -0.3 is 10.2 Å². The van der Waals surface area contributed by atoms with Crippen molar-refractivity contribution in [1.82, 2.24) is 15.3 Å². The number of nitrogens with zero attached hydrogens (tertiary/aromatic N) is 3. The summed E-state index contributed by atoms with van der Waals surface area (Å²) in [7, 11) is 0. The predicted octanol–water partition coefficient (Wildman–Crippen LogP) is 4.99. The first kappa shape index (κ1) is 21.2. The number of nitrogens with one attached hydrogen (secondary N) is 1. The van der Waals surface area contributed by atoms with E-state index in [1.807, 2.05) is 0 Å². The van der Waals surface area contributed by atoms with E-state index in [1.54, 1.807) is 24.2 Å². The summed E-state index contributed by atoms with van der Waals surface area (Å²) < 4.78 is 0. The molecule has 1 N–H and O–H groups in total. The lowest BCUT2D eigenvalue weighted by atomic mass is 9.96. The van der Waals surface area contributed by atoms with Gasteiger partial charge in [0.2, 0.25) is 5.91 Å². The van der Waals surface area contributed by atoms with Crippen LogP contribution in [0.1, 0.15) is 56.9 Å². The van der Waals surface area contributed by atoms with Crippen molar-refractivity contribution in [2.24, 2.45) is 5.92 Å². The normalized spacial score (nSPS) is 20.6. The van der Waals surface area contributed by atoms with Gasteiger partial charge in [-0.15, -0.1) is 0 Å². The van der Waals surface area contributed by atoms with E-state index in [0.29, 0.717) is 6.04 Å². The molecule has 1 aromatic heterocycles. The van der Waals surface area contributed by atoms with Crippen LogP contribution >= 0.6 is 11.8 Å². The lowest BCUT2D eigenvalue weighted by molar-refractivity contribution is -0.126. The van der Waals surface area contributed by atoms with Crippen LogP contribution in [-0.2, 0) is 4.79 Å². The van der Waals surface area contributed by atoms with Crippen LogP contribution in [0.25, 0.3) is 0 Å². The Morgan fingerprint density at radius 2 is 1.87 bits per heavy atom. The molecule has 2 heterocycles. The fourth-order valence-corrected chi connectivity index (χ4v) is 5.52.